The standard InChI is InChI=1S/C5H8N2.2C2H6/c1-2-4-7-5-3-6;2*1-2/h2-5H,1,6H2;2*1-2H3/b5-3-,7-4?;;. The van der Waals surface area contributed by atoms with Gasteiger partial charge in [0.15, 0.2) is 0 Å². The van der Waals surface area contributed by atoms with Crippen LogP contribution in [0.2, 0.25) is 0 Å². The summed E-state index contributed by atoms with van der Waals surface area (Å²) in [5.74, 6) is 0. The van der Waals surface area contributed by atoms with Gasteiger partial charge >= 0.3 is 0 Å². The molecule has 0 aromatic carbocycles. The third kappa shape index (κ3) is 49.7. The first kappa shape index (κ1) is 16.5. The van der Waals surface area contributed by atoms with Crippen LogP contribution in [0.1, 0.15) is 27.7 Å². The Hall–Kier alpha value is -1.05. The largest absolute Gasteiger partial charge is 0.403 e. The molecule has 0 amide bonds. The van der Waals surface area contributed by atoms with Gasteiger partial charge in [0.25, 0.3) is 0 Å². The first-order chi connectivity index (χ1) is 5.41. The van der Waals surface area contributed by atoms with E-state index >= 15 is 0 Å². The van der Waals surface area contributed by atoms with Gasteiger partial charge in [-0.3, -0.25) is 4.99 Å². The van der Waals surface area contributed by atoms with Gasteiger partial charge in [-0.15, -0.1) is 0 Å². The lowest BCUT2D eigenvalue weighted by molar-refractivity contribution is 1.50. The maximum Gasteiger partial charge on any atom is 0.0422 e. The van der Waals surface area contributed by atoms with Crippen molar-refractivity contribution < 1.29 is 0 Å². The SMILES string of the molecule is C=CC=N/C=C\N.CC.CC. The van der Waals surface area contributed by atoms with Gasteiger partial charge in [-0.2, -0.15) is 0 Å². The highest BCUT2D eigenvalue weighted by molar-refractivity contribution is 5.70. The maximum absolute atomic E-state index is 4.94. The topological polar surface area (TPSA) is 38.4 Å². The van der Waals surface area contributed by atoms with Crippen LogP contribution in [-0.2, 0) is 0 Å². The molecule has 0 unspecified atom stereocenters. The van der Waals surface area contributed by atoms with E-state index in [4.69, 9.17) is 5.73 Å². The maximum atomic E-state index is 4.94. The molecule has 2 N–H and O–H groups in total. The zero-order valence-corrected chi connectivity index (χ0v) is 8.04. The van der Waals surface area contributed by atoms with Gasteiger partial charge in [0.2, 0.25) is 0 Å². The summed E-state index contributed by atoms with van der Waals surface area (Å²) in [6, 6.07) is 0. The monoisotopic (exact) mass is 156 g/mol. The highest BCUT2D eigenvalue weighted by Gasteiger charge is 1.51. The molecule has 66 valence electrons. The van der Waals surface area contributed by atoms with Crippen LogP contribution in [0.4, 0.5) is 0 Å². The molecule has 0 atom stereocenters. The molecule has 0 saturated heterocycles. The number of allylic oxidation sites excluding steroid dienone is 1. The van der Waals surface area contributed by atoms with E-state index in [9.17, 15) is 0 Å². The molecule has 2 heteroatoms. The normalized spacial score (nSPS) is 8.00. The zero-order valence-electron chi connectivity index (χ0n) is 8.04. The van der Waals surface area contributed by atoms with Crippen molar-refractivity contribution in [2.45, 2.75) is 27.7 Å². The Morgan fingerprint density at radius 2 is 1.64 bits per heavy atom. The fourth-order valence-electron chi connectivity index (χ4n) is 0.160. The fourth-order valence-corrected chi connectivity index (χ4v) is 0.160. The Balaban J connectivity index is -0.000000138. The number of hydrogen-bond acceptors (Lipinski definition) is 2. The molecule has 0 rings (SSSR count). The van der Waals surface area contributed by atoms with Crippen molar-refractivity contribution in [1.82, 2.24) is 0 Å². The number of hydrogen-bond donors (Lipinski definition) is 1. The lowest BCUT2D eigenvalue weighted by Crippen LogP contribution is -1.72. The van der Waals surface area contributed by atoms with Gasteiger partial charge in [-0.1, -0.05) is 40.3 Å². The summed E-state index contributed by atoms with van der Waals surface area (Å²) in [6.45, 7) is 11.4. The van der Waals surface area contributed by atoms with E-state index in [-0.39, 0.29) is 0 Å². The minimum atomic E-state index is 1.36. The molecule has 11 heavy (non-hydrogen) atoms. The van der Waals surface area contributed by atoms with Gasteiger partial charge in [0.05, 0.1) is 0 Å². The Kier molecular flexibility index (Phi) is 54.4. The molecule has 0 aliphatic carbocycles. The highest BCUT2D eigenvalue weighted by Crippen LogP contribution is 1.64. The molecule has 2 nitrogen and oxygen atoms in total. The Morgan fingerprint density at radius 1 is 1.18 bits per heavy atom. The summed E-state index contributed by atoms with van der Waals surface area (Å²) in [4.78, 5) is 3.66. The number of nitrogens with two attached hydrogens (primary N) is 1. The molecule has 0 aliphatic rings. The second-order valence-electron chi connectivity index (χ2n) is 0.875. The fraction of sp³-hybridized carbons (Fsp3) is 0.444. The molecule has 0 spiro atoms. The van der Waals surface area contributed by atoms with Crippen LogP contribution in [-0.4, -0.2) is 6.21 Å². The number of aliphatic imine (C=N–C) groups is 1. The summed E-state index contributed by atoms with van der Waals surface area (Å²) in [5.41, 5.74) is 4.94. The second-order valence-corrected chi connectivity index (χ2v) is 0.875. The van der Waals surface area contributed by atoms with Crippen molar-refractivity contribution in [1.29, 1.82) is 0 Å². The van der Waals surface area contributed by atoms with Crippen LogP contribution >= 0.6 is 0 Å². The van der Waals surface area contributed by atoms with Gasteiger partial charge in [0.1, 0.15) is 0 Å². The number of nitrogens with zero attached hydrogens (tertiary/aromatic N) is 1. The molecule has 0 aromatic rings. The molecule has 0 aliphatic heterocycles. The van der Waals surface area contributed by atoms with Gasteiger partial charge in [-0.25, -0.2) is 0 Å². The Morgan fingerprint density at radius 3 is 1.91 bits per heavy atom. The van der Waals surface area contributed by atoms with Gasteiger partial charge in [0, 0.05) is 18.6 Å². The summed E-state index contributed by atoms with van der Waals surface area (Å²) >= 11 is 0. The van der Waals surface area contributed by atoms with Crippen LogP contribution in [0.3, 0.4) is 0 Å². The van der Waals surface area contributed by atoms with Gasteiger partial charge in [-0.05, 0) is 0 Å². The van der Waals surface area contributed by atoms with E-state index in [2.05, 4.69) is 11.6 Å². The van der Waals surface area contributed by atoms with E-state index in [1.165, 1.54) is 12.4 Å². The third-order valence-corrected chi connectivity index (χ3v) is 0.364. The lowest BCUT2D eigenvalue weighted by atomic mass is 10.7. The van der Waals surface area contributed by atoms with Crippen LogP contribution in [0.5, 0.6) is 0 Å². The van der Waals surface area contributed by atoms with Crippen molar-refractivity contribution in [2.75, 3.05) is 0 Å². The van der Waals surface area contributed by atoms with Crippen molar-refractivity contribution in [3.05, 3.63) is 25.1 Å². The van der Waals surface area contributed by atoms with Gasteiger partial charge < -0.3 is 5.73 Å². The molecule has 0 fully saturated rings. The van der Waals surface area contributed by atoms with E-state index in [0.717, 1.165) is 0 Å². The minimum Gasteiger partial charge on any atom is -0.403 e. The Bertz CT molecular complexity index is 93.7. The van der Waals surface area contributed by atoms with E-state index in [0.29, 0.717) is 0 Å². The molecule has 0 bridgehead atoms. The predicted octanol–water partition coefficient (Wildman–Crippen LogP) is 2.73. The zero-order chi connectivity index (χ0) is 9.54. The van der Waals surface area contributed by atoms with Crippen molar-refractivity contribution in [2.24, 2.45) is 10.7 Å². The molecular weight excluding hydrogens is 136 g/mol. The van der Waals surface area contributed by atoms with Crippen LogP contribution in [0.25, 0.3) is 0 Å². The first-order valence-electron chi connectivity index (χ1n) is 3.92. The van der Waals surface area contributed by atoms with Crippen molar-refractivity contribution >= 4 is 6.21 Å². The molecule has 0 heterocycles. The van der Waals surface area contributed by atoms with E-state index in [1.807, 2.05) is 27.7 Å². The minimum absolute atomic E-state index is 1.36. The summed E-state index contributed by atoms with van der Waals surface area (Å²) < 4.78 is 0. The first-order valence-corrected chi connectivity index (χ1v) is 3.92. The smallest absolute Gasteiger partial charge is 0.0422 e. The number of rotatable bonds is 2. The van der Waals surface area contributed by atoms with Crippen molar-refractivity contribution in [3.63, 3.8) is 0 Å². The summed E-state index contributed by atoms with van der Waals surface area (Å²) in [6.07, 6.45) is 5.99. The van der Waals surface area contributed by atoms with Crippen LogP contribution in [0.15, 0.2) is 30.0 Å². The van der Waals surface area contributed by atoms with Crippen molar-refractivity contribution in [3.8, 4) is 0 Å². The van der Waals surface area contributed by atoms with E-state index < -0.39 is 0 Å². The summed E-state index contributed by atoms with van der Waals surface area (Å²) in [7, 11) is 0. The summed E-state index contributed by atoms with van der Waals surface area (Å²) in [5, 5.41) is 0. The molecule has 0 saturated carbocycles. The second kappa shape index (κ2) is 36.3. The Labute approximate surface area is 70.5 Å². The quantitative estimate of drug-likeness (QED) is 0.613. The average Bonchev–Trinajstić information content (AvgIpc) is 2.13. The van der Waals surface area contributed by atoms with E-state index in [1.54, 1.807) is 12.3 Å². The van der Waals surface area contributed by atoms with Crippen LogP contribution in [0, 0.1) is 0 Å². The van der Waals surface area contributed by atoms with Crippen LogP contribution < -0.4 is 5.73 Å². The third-order valence-electron chi connectivity index (χ3n) is 0.364. The average molecular weight is 156 g/mol. The molecule has 0 aromatic heterocycles. The molecule has 0 radical (unpaired) electrons. The lowest BCUT2D eigenvalue weighted by Gasteiger charge is -1.67. The predicted molar refractivity (Wildman–Crippen MR) is 54.7 cm³/mol. The molecular formula is C9H20N2. The highest BCUT2D eigenvalue weighted by atomic mass is 14.7.